The molecule has 1 aromatic rings. The molecule has 1 saturated heterocycles. The summed E-state index contributed by atoms with van der Waals surface area (Å²) in [6, 6.07) is -0.302. The number of nitrogens with zero attached hydrogens (tertiary/aromatic N) is 1. The first-order chi connectivity index (χ1) is 14.0. The summed E-state index contributed by atoms with van der Waals surface area (Å²) in [5.74, 6) is -3.27. The first-order valence-corrected chi connectivity index (χ1v) is 8.77. The van der Waals surface area contributed by atoms with E-state index in [4.69, 9.17) is 18.9 Å². The Labute approximate surface area is 170 Å². The van der Waals surface area contributed by atoms with E-state index in [-0.39, 0.29) is 34.3 Å². The van der Waals surface area contributed by atoms with Gasteiger partial charge >= 0.3 is 18.2 Å². The Morgan fingerprint density at radius 3 is 2.13 bits per heavy atom. The van der Waals surface area contributed by atoms with Crippen LogP contribution in [0.15, 0.2) is 12.1 Å². The zero-order chi connectivity index (χ0) is 22.9. The smallest absolute Gasteiger partial charge is 0.437 e. The molecule has 0 aliphatic carbocycles. The number of nitrogens with one attached hydrogen (secondary N) is 1. The number of carbonyl (C=O) groups excluding carboxylic acids is 2. The molecule has 0 bridgehead atoms. The highest BCUT2D eigenvalue weighted by atomic mass is 19.4. The van der Waals surface area contributed by atoms with Crippen LogP contribution in [0.2, 0.25) is 0 Å². The monoisotopic (exact) mass is 436 g/mol. The van der Waals surface area contributed by atoms with Gasteiger partial charge in [-0.15, -0.1) is 0 Å². The highest BCUT2D eigenvalue weighted by Gasteiger charge is 2.69. The normalized spacial score (nSPS) is 24.2. The minimum Gasteiger partial charge on any atom is -0.493 e. The van der Waals surface area contributed by atoms with E-state index in [1.54, 1.807) is 0 Å². The molecule has 9 nitrogen and oxygen atoms in total. The van der Waals surface area contributed by atoms with Gasteiger partial charge in [0.1, 0.15) is 5.92 Å². The fraction of sp³-hybridized carbons (Fsp3) is 0.556. The molecule has 3 atom stereocenters. The standard InChI is InChI=1S/C18H23F3N2O7/c1-6-30-15(24)12-13(22-16(25)23(2)17(12,26)18(19,20)21)9-7-10(27-3)14(29-5)11(8-9)28-4/h7-8,12-13,26H,6H2,1-5H3,(H,22,25). The van der Waals surface area contributed by atoms with Crippen LogP contribution in [0.5, 0.6) is 17.2 Å². The van der Waals surface area contributed by atoms with Crippen molar-refractivity contribution in [1.29, 1.82) is 0 Å². The zero-order valence-electron chi connectivity index (χ0n) is 17.0. The van der Waals surface area contributed by atoms with E-state index in [9.17, 15) is 27.9 Å². The molecule has 3 unspecified atom stereocenters. The first kappa shape index (κ1) is 23.4. The average molecular weight is 436 g/mol. The Hall–Kier alpha value is -2.89. The Morgan fingerprint density at radius 2 is 1.73 bits per heavy atom. The van der Waals surface area contributed by atoms with Crippen LogP contribution in [0.25, 0.3) is 0 Å². The summed E-state index contributed by atoms with van der Waals surface area (Å²) in [5.41, 5.74) is -3.82. The summed E-state index contributed by atoms with van der Waals surface area (Å²) in [4.78, 5) is 24.9. The van der Waals surface area contributed by atoms with E-state index < -0.39 is 35.9 Å². The summed E-state index contributed by atoms with van der Waals surface area (Å²) in [7, 11) is 4.66. The molecule has 1 aromatic carbocycles. The van der Waals surface area contributed by atoms with E-state index in [0.29, 0.717) is 0 Å². The summed E-state index contributed by atoms with van der Waals surface area (Å²) in [6.45, 7) is 1.17. The predicted octanol–water partition coefficient (Wildman–Crippen LogP) is 1.84. The largest absolute Gasteiger partial charge is 0.493 e. The highest BCUT2D eigenvalue weighted by Crippen LogP contribution is 2.49. The van der Waals surface area contributed by atoms with Crippen LogP contribution in [0, 0.1) is 5.92 Å². The van der Waals surface area contributed by atoms with Gasteiger partial charge in [0.05, 0.1) is 34.0 Å². The highest BCUT2D eigenvalue weighted by molar-refractivity contribution is 5.83. The molecule has 30 heavy (non-hydrogen) atoms. The van der Waals surface area contributed by atoms with Crippen LogP contribution in [0.1, 0.15) is 18.5 Å². The van der Waals surface area contributed by atoms with E-state index in [2.05, 4.69) is 5.32 Å². The van der Waals surface area contributed by atoms with Crippen molar-refractivity contribution < 1.29 is 46.8 Å². The van der Waals surface area contributed by atoms with Crippen LogP contribution >= 0.6 is 0 Å². The van der Waals surface area contributed by atoms with Crippen molar-refractivity contribution in [2.24, 2.45) is 5.92 Å². The van der Waals surface area contributed by atoms with Crippen molar-refractivity contribution in [3.05, 3.63) is 17.7 Å². The fourth-order valence-electron chi connectivity index (χ4n) is 3.36. The number of aliphatic hydroxyl groups is 1. The van der Waals surface area contributed by atoms with Crippen LogP contribution in [-0.4, -0.2) is 68.9 Å². The molecule has 0 saturated carbocycles. The third-order valence-corrected chi connectivity index (χ3v) is 4.87. The Kier molecular flexibility index (Phi) is 6.60. The molecular formula is C18H23F3N2O7. The molecule has 2 amide bonds. The van der Waals surface area contributed by atoms with Crippen molar-refractivity contribution in [3.8, 4) is 17.2 Å². The van der Waals surface area contributed by atoms with E-state index in [1.165, 1.54) is 40.4 Å². The van der Waals surface area contributed by atoms with E-state index >= 15 is 0 Å². The van der Waals surface area contributed by atoms with Crippen molar-refractivity contribution in [2.75, 3.05) is 35.0 Å². The molecule has 0 radical (unpaired) electrons. The van der Waals surface area contributed by atoms with Gasteiger partial charge in [-0.25, -0.2) is 4.79 Å². The number of alkyl halides is 3. The minimum absolute atomic E-state index is 0.00618. The Morgan fingerprint density at radius 1 is 1.20 bits per heavy atom. The second-order valence-corrected chi connectivity index (χ2v) is 6.40. The van der Waals surface area contributed by atoms with Crippen molar-refractivity contribution in [1.82, 2.24) is 10.2 Å². The predicted molar refractivity (Wildman–Crippen MR) is 96.3 cm³/mol. The molecule has 1 aliphatic rings. The van der Waals surface area contributed by atoms with E-state index in [1.807, 2.05) is 0 Å². The maximum absolute atomic E-state index is 13.9. The van der Waals surface area contributed by atoms with Gasteiger partial charge in [0, 0.05) is 7.05 Å². The average Bonchev–Trinajstić information content (AvgIpc) is 2.69. The van der Waals surface area contributed by atoms with Crippen molar-refractivity contribution in [3.63, 3.8) is 0 Å². The molecular weight excluding hydrogens is 413 g/mol. The zero-order valence-corrected chi connectivity index (χ0v) is 17.0. The molecule has 168 valence electrons. The lowest BCUT2D eigenvalue weighted by Gasteiger charge is -2.49. The number of ether oxygens (including phenoxy) is 4. The van der Waals surface area contributed by atoms with Gasteiger partial charge in [-0.1, -0.05) is 0 Å². The van der Waals surface area contributed by atoms with Crippen molar-refractivity contribution >= 4 is 12.0 Å². The summed E-state index contributed by atoms with van der Waals surface area (Å²) < 4.78 is 62.2. The number of urea groups is 1. The van der Waals surface area contributed by atoms with Crippen molar-refractivity contribution in [2.45, 2.75) is 24.9 Å². The van der Waals surface area contributed by atoms with Gasteiger partial charge in [-0.05, 0) is 24.6 Å². The van der Waals surface area contributed by atoms with Gasteiger partial charge in [-0.2, -0.15) is 13.2 Å². The van der Waals surface area contributed by atoms with Gasteiger partial charge in [-0.3, -0.25) is 9.69 Å². The number of rotatable bonds is 6. The number of hydrogen-bond donors (Lipinski definition) is 2. The molecule has 12 heteroatoms. The van der Waals surface area contributed by atoms with Gasteiger partial charge < -0.3 is 29.4 Å². The lowest BCUT2D eigenvalue weighted by atomic mass is 9.81. The van der Waals surface area contributed by atoms with Crippen LogP contribution < -0.4 is 19.5 Å². The van der Waals surface area contributed by atoms with E-state index in [0.717, 1.165) is 7.05 Å². The molecule has 2 rings (SSSR count). The number of halogens is 3. The second kappa shape index (κ2) is 8.46. The first-order valence-electron chi connectivity index (χ1n) is 8.77. The van der Waals surface area contributed by atoms with Crippen LogP contribution in [0.3, 0.4) is 0 Å². The molecule has 2 N–H and O–H groups in total. The Balaban J connectivity index is 2.75. The lowest BCUT2D eigenvalue weighted by molar-refractivity contribution is -0.328. The molecule has 1 heterocycles. The number of methoxy groups -OCH3 is 3. The summed E-state index contributed by atoms with van der Waals surface area (Å²) in [6.07, 6.45) is -5.37. The number of amides is 2. The number of hydrogen-bond acceptors (Lipinski definition) is 7. The third kappa shape index (κ3) is 3.66. The van der Waals surface area contributed by atoms with Crippen LogP contribution in [-0.2, 0) is 9.53 Å². The minimum atomic E-state index is -5.37. The third-order valence-electron chi connectivity index (χ3n) is 4.87. The van der Waals surface area contributed by atoms with Gasteiger partial charge in [0.25, 0.3) is 5.72 Å². The van der Waals surface area contributed by atoms with Gasteiger partial charge in [0.15, 0.2) is 11.5 Å². The maximum atomic E-state index is 13.9. The number of benzene rings is 1. The molecule has 1 fully saturated rings. The number of esters is 1. The Bertz CT molecular complexity index is 792. The second-order valence-electron chi connectivity index (χ2n) is 6.40. The summed E-state index contributed by atoms with van der Waals surface area (Å²) >= 11 is 0. The maximum Gasteiger partial charge on any atom is 0.437 e. The van der Waals surface area contributed by atoms with Crippen LogP contribution in [0.4, 0.5) is 18.0 Å². The summed E-state index contributed by atoms with van der Waals surface area (Å²) in [5, 5.41) is 13.0. The lowest BCUT2D eigenvalue weighted by Crippen LogP contribution is -2.73. The molecule has 0 aromatic heterocycles. The fourth-order valence-corrected chi connectivity index (χ4v) is 3.36. The molecule has 1 aliphatic heterocycles. The quantitative estimate of drug-likeness (QED) is 0.656. The topological polar surface area (TPSA) is 107 Å². The SMILES string of the molecule is CCOC(=O)C1C(c2cc(OC)c(OC)c(OC)c2)NC(=O)N(C)C1(O)C(F)(F)F. The molecule has 0 spiro atoms. The number of carbonyl (C=O) groups is 2. The van der Waals surface area contributed by atoms with Gasteiger partial charge in [0.2, 0.25) is 5.75 Å².